The highest BCUT2D eigenvalue weighted by molar-refractivity contribution is 7.80. The highest BCUT2D eigenvalue weighted by Gasteiger charge is 2.24. The van der Waals surface area contributed by atoms with Crippen molar-refractivity contribution in [2.75, 3.05) is 12.3 Å². The van der Waals surface area contributed by atoms with Gasteiger partial charge in [0.15, 0.2) is 0 Å². The van der Waals surface area contributed by atoms with Crippen LogP contribution in [0.3, 0.4) is 0 Å². The fourth-order valence-electron chi connectivity index (χ4n) is 1.41. The third-order valence-corrected chi connectivity index (χ3v) is 3.37. The van der Waals surface area contributed by atoms with Crippen LogP contribution in [-0.2, 0) is 19.2 Å². The van der Waals surface area contributed by atoms with E-state index in [9.17, 15) is 19.2 Å². The van der Waals surface area contributed by atoms with Gasteiger partial charge in [-0.05, 0) is 12.8 Å². The van der Waals surface area contributed by atoms with E-state index >= 15 is 0 Å². The number of carbonyl (C=O) groups is 4. The average Bonchev–Trinajstić information content (AvgIpc) is 2.48. The van der Waals surface area contributed by atoms with Gasteiger partial charge in [0.2, 0.25) is 17.7 Å². The van der Waals surface area contributed by atoms with Gasteiger partial charge in [-0.3, -0.25) is 19.2 Å². The molecule has 0 fully saturated rings. The summed E-state index contributed by atoms with van der Waals surface area (Å²) in [6.45, 7) is 4.43. The maximum atomic E-state index is 11.9. The molecule has 0 aliphatic heterocycles. The van der Waals surface area contributed by atoms with Crippen molar-refractivity contribution in [2.45, 2.75) is 38.9 Å². The Labute approximate surface area is 140 Å². The Bertz CT molecular complexity index is 458. The summed E-state index contributed by atoms with van der Waals surface area (Å²) in [7, 11) is 0. The van der Waals surface area contributed by atoms with E-state index < -0.39 is 48.4 Å². The first-order chi connectivity index (χ1) is 10.6. The lowest BCUT2D eigenvalue weighted by Crippen LogP contribution is -2.55. The average molecular weight is 348 g/mol. The second kappa shape index (κ2) is 10.1. The number of rotatable bonds is 9. The summed E-state index contributed by atoms with van der Waals surface area (Å²) in [5, 5.41) is 15.6. The van der Waals surface area contributed by atoms with E-state index in [4.69, 9.17) is 10.8 Å². The van der Waals surface area contributed by atoms with Gasteiger partial charge >= 0.3 is 5.97 Å². The molecule has 0 rings (SSSR count). The van der Waals surface area contributed by atoms with Gasteiger partial charge < -0.3 is 26.8 Å². The van der Waals surface area contributed by atoms with Crippen molar-refractivity contribution < 1.29 is 24.3 Å². The van der Waals surface area contributed by atoms with E-state index in [-0.39, 0.29) is 11.7 Å². The molecule has 3 amide bonds. The number of aliphatic carboxylic acids is 1. The SMILES string of the molecule is CC(NC(=O)CNC(=O)C(CS)NC(=O)C(N)C(C)C)C(=O)O. The Kier molecular flexibility index (Phi) is 9.27. The predicted octanol–water partition coefficient (Wildman–Crippen LogP) is -1.91. The Balaban J connectivity index is 4.43. The third kappa shape index (κ3) is 7.84. The molecule has 0 bridgehead atoms. The number of carboxylic acid groups (broad SMARTS) is 1. The predicted molar refractivity (Wildman–Crippen MR) is 86.8 cm³/mol. The van der Waals surface area contributed by atoms with Crippen molar-refractivity contribution in [3.63, 3.8) is 0 Å². The Morgan fingerprint density at radius 1 is 1.09 bits per heavy atom. The molecule has 132 valence electrons. The summed E-state index contributed by atoms with van der Waals surface area (Å²) in [4.78, 5) is 45.8. The zero-order chi connectivity index (χ0) is 18.2. The summed E-state index contributed by atoms with van der Waals surface area (Å²) in [5.74, 6) is -3.01. The normalized spacial score (nSPS) is 14.5. The quantitative estimate of drug-likeness (QED) is 0.268. The van der Waals surface area contributed by atoms with Crippen LogP contribution in [0.25, 0.3) is 0 Å². The van der Waals surface area contributed by atoms with Crippen LogP contribution in [0.1, 0.15) is 20.8 Å². The summed E-state index contributed by atoms with van der Waals surface area (Å²) in [6.07, 6.45) is 0. The summed E-state index contributed by atoms with van der Waals surface area (Å²) in [6, 6.07) is -2.77. The zero-order valence-corrected chi connectivity index (χ0v) is 14.2. The standard InChI is InChI=1S/C13H24N4O5S/c1-6(2)10(14)12(20)17-8(5-23)11(19)15-4-9(18)16-7(3)13(21)22/h6-8,10,23H,4-5,14H2,1-3H3,(H,15,19)(H,16,18)(H,17,20)(H,21,22). The van der Waals surface area contributed by atoms with Crippen molar-refractivity contribution in [1.82, 2.24) is 16.0 Å². The van der Waals surface area contributed by atoms with Crippen molar-refractivity contribution >= 4 is 36.3 Å². The molecule has 0 saturated carbocycles. The van der Waals surface area contributed by atoms with E-state index in [1.807, 2.05) is 0 Å². The van der Waals surface area contributed by atoms with Crippen molar-refractivity contribution in [3.05, 3.63) is 0 Å². The van der Waals surface area contributed by atoms with Crippen LogP contribution in [0, 0.1) is 5.92 Å². The van der Waals surface area contributed by atoms with Gasteiger partial charge in [-0.15, -0.1) is 0 Å². The molecule has 0 saturated heterocycles. The van der Waals surface area contributed by atoms with E-state index in [0.717, 1.165) is 0 Å². The van der Waals surface area contributed by atoms with Crippen molar-refractivity contribution in [1.29, 1.82) is 0 Å². The fourth-order valence-corrected chi connectivity index (χ4v) is 1.67. The maximum Gasteiger partial charge on any atom is 0.325 e. The van der Waals surface area contributed by atoms with Gasteiger partial charge in [0, 0.05) is 5.75 Å². The van der Waals surface area contributed by atoms with Gasteiger partial charge in [0.05, 0.1) is 12.6 Å². The van der Waals surface area contributed by atoms with Crippen LogP contribution >= 0.6 is 12.6 Å². The molecule has 23 heavy (non-hydrogen) atoms. The van der Waals surface area contributed by atoms with Crippen LogP contribution in [0.4, 0.5) is 0 Å². The fraction of sp³-hybridized carbons (Fsp3) is 0.692. The Hall–Kier alpha value is -1.81. The number of hydrogen-bond acceptors (Lipinski definition) is 6. The molecule has 0 aromatic carbocycles. The molecule has 0 heterocycles. The summed E-state index contributed by atoms with van der Waals surface area (Å²) >= 11 is 3.98. The number of carboxylic acids is 1. The maximum absolute atomic E-state index is 11.9. The van der Waals surface area contributed by atoms with Gasteiger partial charge in [-0.1, -0.05) is 13.8 Å². The van der Waals surface area contributed by atoms with Crippen LogP contribution < -0.4 is 21.7 Å². The minimum Gasteiger partial charge on any atom is -0.480 e. The molecule has 3 atom stereocenters. The van der Waals surface area contributed by atoms with Gasteiger partial charge in [-0.2, -0.15) is 12.6 Å². The molecular formula is C13H24N4O5S. The third-order valence-electron chi connectivity index (χ3n) is 3.01. The van der Waals surface area contributed by atoms with Gasteiger partial charge in [0.1, 0.15) is 12.1 Å². The van der Waals surface area contributed by atoms with E-state index in [2.05, 4.69) is 28.6 Å². The molecule has 9 nitrogen and oxygen atoms in total. The number of thiol groups is 1. The highest BCUT2D eigenvalue weighted by Crippen LogP contribution is 1.99. The van der Waals surface area contributed by atoms with Crippen LogP contribution in [0.2, 0.25) is 0 Å². The molecule has 0 aromatic rings. The zero-order valence-electron chi connectivity index (χ0n) is 13.3. The van der Waals surface area contributed by atoms with E-state index in [1.165, 1.54) is 6.92 Å². The molecular weight excluding hydrogens is 324 g/mol. The highest BCUT2D eigenvalue weighted by atomic mass is 32.1. The largest absolute Gasteiger partial charge is 0.480 e. The molecule has 6 N–H and O–H groups in total. The van der Waals surface area contributed by atoms with Crippen molar-refractivity contribution in [2.24, 2.45) is 11.7 Å². The second-order valence-corrected chi connectivity index (χ2v) is 5.72. The number of nitrogens with two attached hydrogens (primary N) is 1. The van der Waals surface area contributed by atoms with Crippen LogP contribution in [0.15, 0.2) is 0 Å². The molecule has 0 aliphatic rings. The molecule has 3 unspecified atom stereocenters. The Morgan fingerprint density at radius 2 is 1.65 bits per heavy atom. The topological polar surface area (TPSA) is 151 Å². The van der Waals surface area contributed by atoms with Crippen molar-refractivity contribution in [3.8, 4) is 0 Å². The van der Waals surface area contributed by atoms with E-state index in [1.54, 1.807) is 13.8 Å². The smallest absolute Gasteiger partial charge is 0.325 e. The van der Waals surface area contributed by atoms with Crippen LogP contribution in [0.5, 0.6) is 0 Å². The Morgan fingerprint density at radius 3 is 2.09 bits per heavy atom. The van der Waals surface area contributed by atoms with Gasteiger partial charge in [-0.25, -0.2) is 0 Å². The molecule has 0 radical (unpaired) electrons. The first-order valence-electron chi connectivity index (χ1n) is 7.06. The van der Waals surface area contributed by atoms with Crippen LogP contribution in [-0.4, -0.2) is 59.2 Å². The minimum atomic E-state index is -1.19. The molecule has 0 aliphatic carbocycles. The lowest BCUT2D eigenvalue weighted by atomic mass is 10.0. The monoisotopic (exact) mass is 348 g/mol. The number of nitrogens with one attached hydrogen (secondary N) is 3. The first kappa shape index (κ1) is 21.2. The summed E-state index contributed by atoms with van der Waals surface area (Å²) < 4.78 is 0. The summed E-state index contributed by atoms with van der Waals surface area (Å²) in [5.41, 5.74) is 5.68. The molecule has 0 aromatic heterocycles. The number of carbonyl (C=O) groups excluding carboxylic acids is 3. The lowest BCUT2D eigenvalue weighted by Gasteiger charge is -2.20. The second-order valence-electron chi connectivity index (χ2n) is 5.36. The number of amides is 3. The minimum absolute atomic E-state index is 0.0233. The van der Waals surface area contributed by atoms with Gasteiger partial charge in [0.25, 0.3) is 0 Å². The molecule has 10 heteroatoms. The molecule has 0 spiro atoms. The number of hydrogen-bond donors (Lipinski definition) is 6. The first-order valence-corrected chi connectivity index (χ1v) is 7.70. The van der Waals surface area contributed by atoms with E-state index in [0.29, 0.717) is 0 Å². The lowest BCUT2D eigenvalue weighted by molar-refractivity contribution is -0.141.